The van der Waals surface area contributed by atoms with Crippen molar-refractivity contribution in [1.82, 2.24) is 0 Å². The quantitative estimate of drug-likeness (QED) is 0.326. The van der Waals surface area contributed by atoms with Gasteiger partial charge in [-0.05, 0) is 52.1 Å². The second-order valence-electron chi connectivity index (χ2n) is 9.19. The molecule has 1 saturated carbocycles. The fourth-order valence-corrected chi connectivity index (χ4v) is 6.66. The Morgan fingerprint density at radius 3 is 1.39 bits per heavy atom. The number of hydrogen-bond acceptors (Lipinski definition) is 0. The van der Waals surface area contributed by atoms with Crippen LogP contribution in [0.25, 0.3) is 11.1 Å². The fraction of sp³-hybridized carbons (Fsp3) is 0.226. The number of rotatable bonds is 4. The van der Waals surface area contributed by atoms with Crippen molar-refractivity contribution < 1.29 is 0 Å². The standard InChI is InChI=1S/C31H28/c1-3-13-23(14-4-1)31(25-17-7-8-18-25,24-15-5-2-6-16-24)30-28-21-11-9-19-26(28)27-20-10-12-22-29(27)30/h1-6,9-16,19-22,25,30H,7-8,17-18H2. The molecule has 1 fully saturated rings. The molecular weight excluding hydrogens is 372 g/mol. The summed E-state index contributed by atoms with van der Waals surface area (Å²) in [5, 5.41) is 0. The molecule has 0 spiro atoms. The molecule has 0 bridgehead atoms. The molecule has 0 N–H and O–H groups in total. The van der Waals surface area contributed by atoms with Crippen molar-refractivity contribution >= 4 is 0 Å². The molecule has 0 atom stereocenters. The van der Waals surface area contributed by atoms with Crippen LogP contribution in [0.3, 0.4) is 0 Å². The highest BCUT2D eigenvalue weighted by Gasteiger charge is 2.52. The van der Waals surface area contributed by atoms with E-state index >= 15 is 0 Å². The third-order valence-electron chi connectivity index (χ3n) is 7.79. The zero-order valence-electron chi connectivity index (χ0n) is 17.9. The van der Waals surface area contributed by atoms with E-state index in [4.69, 9.17) is 0 Å². The normalized spacial score (nSPS) is 16.3. The summed E-state index contributed by atoms with van der Waals surface area (Å²) in [5.41, 5.74) is 8.66. The summed E-state index contributed by atoms with van der Waals surface area (Å²) >= 11 is 0. The van der Waals surface area contributed by atoms with Crippen LogP contribution in [0.2, 0.25) is 0 Å². The molecule has 0 heterocycles. The summed E-state index contributed by atoms with van der Waals surface area (Å²) in [4.78, 5) is 0. The second kappa shape index (κ2) is 7.54. The summed E-state index contributed by atoms with van der Waals surface area (Å²) in [6.07, 6.45) is 5.26. The molecule has 0 amide bonds. The van der Waals surface area contributed by atoms with Gasteiger partial charge in [0.25, 0.3) is 0 Å². The van der Waals surface area contributed by atoms with Crippen LogP contribution < -0.4 is 0 Å². The Kier molecular flexibility index (Phi) is 4.53. The molecule has 2 aliphatic carbocycles. The van der Waals surface area contributed by atoms with Gasteiger partial charge in [-0.15, -0.1) is 0 Å². The first-order valence-corrected chi connectivity index (χ1v) is 11.7. The average molecular weight is 401 g/mol. The van der Waals surface area contributed by atoms with Crippen molar-refractivity contribution in [3.63, 3.8) is 0 Å². The number of fused-ring (bicyclic) bond motifs is 3. The largest absolute Gasteiger partial charge is 0.0622 e. The molecule has 0 aliphatic heterocycles. The van der Waals surface area contributed by atoms with Gasteiger partial charge in [-0.2, -0.15) is 0 Å². The minimum atomic E-state index is -0.0677. The Balaban J connectivity index is 1.73. The van der Waals surface area contributed by atoms with E-state index in [1.807, 2.05) is 0 Å². The summed E-state index contributed by atoms with van der Waals surface area (Å²) in [6, 6.07) is 41.0. The van der Waals surface area contributed by atoms with Gasteiger partial charge in [0.2, 0.25) is 0 Å². The van der Waals surface area contributed by atoms with Gasteiger partial charge in [0.15, 0.2) is 0 Å². The maximum Gasteiger partial charge on any atom is 0.0340 e. The van der Waals surface area contributed by atoms with Crippen LogP contribution in [0.15, 0.2) is 109 Å². The molecular formula is C31H28. The Morgan fingerprint density at radius 2 is 0.903 bits per heavy atom. The van der Waals surface area contributed by atoms with Gasteiger partial charge in [0, 0.05) is 11.3 Å². The van der Waals surface area contributed by atoms with Crippen molar-refractivity contribution in [3.8, 4) is 11.1 Å². The zero-order valence-corrected chi connectivity index (χ0v) is 17.9. The van der Waals surface area contributed by atoms with Crippen LogP contribution in [0.1, 0.15) is 53.9 Å². The fourth-order valence-electron chi connectivity index (χ4n) is 6.66. The second-order valence-corrected chi connectivity index (χ2v) is 9.19. The molecule has 2 aliphatic rings. The van der Waals surface area contributed by atoms with Gasteiger partial charge < -0.3 is 0 Å². The minimum Gasteiger partial charge on any atom is -0.0622 e. The average Bonchev–Trinajstić information content (AvgIpc) is 3.49. The van der Waals surface area contributed by atoms with Crippen LogP contribution >= 0.6 is 0 Å². The highest BCUT2D eigenvalue weighted by Crippen LogP contribution is 2.61. The first-order chi connectivity index (χ1) is 15.4. The van der Waals surface area contributed by atoms with E-state index < -0.39 is 0 Å². The molecule has 0 aromatic heterocycles. The molecule has 6 rings (SSSR count). The van der Waals surface area contributed by atoms with Gasteiger partial charge in [-0.1, -0.05) is 122 Å². The third-order valence-corrected chi connectivity index (χ3v) is 7.79. The molecule has 0 radical (unpaired) electrons. The minimum absolute atomic E-state index is 0.0677. The van der Waals surface area contributed by atoms with Gasteiger partial charge in [-0.3, -0.25) is 0 Å². The lowest BCUT2D eigenvalue weighted by atomic mass is 9.56. The summed E-state index contributed by atoms with van der Waals surface area (Å²) in [5.74, 6) is 0.953. The lowest BCUT2D eigenvalue weighted by Gasteiger charge is -2.46. The molecule has 0 unspecified atom stereocenters. The van der Waals surface area contributed by atoms with E-state index in [9.17, 15) is 0 Å². The van der Waals surface area contributed by atoms with Crippen molar-refractivity contribution in [2.24, 2.45) is 5.92 Å². The van der Waals surface area contributed by atoms with Crippen molar-refractivity contribution in [2.75, 3.05) is 0 Å². The van der Waals surface area contributed by atoms with Crippen LogP contribution in [0.5, 0.6) is 0 Å². The Labute approximate surface area is 185 Å². The smallest absolute Gasteiger partial charge is 0.0340 e. The Bertz CT molecular complexity index is 1100. The SMILES string of the molecule is c1ccc(C(c2ccccc2)(C2CCCC2)C2c3ccccc3-c3ccccc32)cc1. The number of hydrogen-bond donors (Lipinski definition) is 0. The van der Waals surface area contributed by atoms with E-state index in [-0.39, 0.29) is 5.41 Å². The lowest BCUT2D eigenvalue weighted by molar-refractivity contribution is 0.294. The predicted molar refractivity (Wildman–Crippen MR) is 129 cm³/mol. The van der Waals surface area contributed by atoms with Gasteiger partial charge in [0.05, 0.1) is 0 Å². The maximum atomic E-state index is 2.38. The monoisotopic (exact) mass is 400 g/mol. The van der Waals surface area contributed by atoms with E-state index in [0.29, 0.717) is 11.8 Å². The van der Waals surface area contributed by atoms with Gasteiger partial charge >= 0.3 is 0 Å². The van der Waals surface area contributed by atoms with E-state index in [0.717, 1.165) is 0 Å². The van der Waals surface area contributed by atoms with Crippen molar-refractivity contribution in [2.45, 2.75) is 37.0 Å². The summed E-state index contributed by atoms with van der Waals surface area (Å²) < 4.78 is 0. The van der Waals surface area contributed by atoms with Crippen LogP contribution in [0, 0.1) is 5.92 Å². The third kappa shape index (κ3) is 2.74. The van der Waals surface area contributed by atoms with Crippen molar-refractivity contribution in [1.29, 1.82) is 0 Å². The first kappa shape index (κ1) is 18.6. The summed E-state index contributed by atoms with van der Waals surface area (Å²) in [7, 11) is 0. The topological polar surface area (TPSA) is 0 Å². The Hall–Kier alpha value is -3.12. The summed E-state index contributed by atoms with van der Waals surface area (Å²) in [6.45, 7) is 0. The van der Waals surface area contributed by atoms with E-state index in [1.54, 1.807) is 0 Å². The molecule has 4 aromatic rings. The van der Waals surface area contributed by atoms with Gasteiger partial charge in [0.1, 0.15) is 0 Å². The maximum absolute atomic E-state index is 2.38. The number of benzene rings is 4. The van der Waals surface area contributed by atoms with Crippen molar-refractivity contribution in [3.05, 3.63) is 131 Å². The van der Waals surface area contributed by atoms with Crippen LogP contribution in [-0.4, -0.2) is 0 Å². The first-order valence-electron chi connectivity index (χ1n) is 11.7. The highest BCUT2D eigenvalue weighted by molar-refractivity contribution is 5.80. The van der Waals surface area contributed by atoms with E-state index in [1.165, 1.54) is 59.1 Å². The van der Waals surface area contributed by atoms with E-state index in [2.05, 4.69) is 109 Å². The molecule has 0 nitrogen and oxygen atoms in total. The zero-order chi connectivity index (χ0) is 20.7. The predicted octanol–water partition coefficient (Wildman–Crippen LogP) is 7.98. The van der Waals surface area contributed by atoms with Crippen LogP contribution in [-0.2, 0) is 5.41 Å². The molecule has 0 saturated heterocycles. The van der Waals surface area contributed by atoms with Crippen LogP contribution in [0.4, 0.5) is 0 Å². The highest BCUT2D eigenvalue weighted by atomic mass is 14.5. The molecule has 31 heavy (non-hydrogen) atoms. The van der Waals surface area contributed by atoms with Gasteiger partial charge in [-0.25, -0.2) is 0 Å². The molecule has 0 heteroatoms. The lowest BCUT2D eigenvalue weighted by Crippen LogP contribution is -2.41. The Morgan fingerprint density at radius 1 is 0.484 bits per heavy atom. The molecule has 152 valence electrons. The molecule has 4 aromatic carbocycles.